The van der Waals surface area contributed by atoms with Gasteiger partial charge in [-0.1, -0.05) is 17.7 Å². The average Bonchev–Trinajstić information content (AvgIpc) is 2.32. The molecule has 1 heterocycles. The zero-order valence-corrected chi connectivity index (χ0v) is 12.0. The number of benzene rings is 1. The maximum atomic E-state index is 10.4. The highest BCUT2D eigenvalue weighted by Gasteiger charge is 2.17. The number of hydrogen-bond acceptors (Lipinski definition) is 3. The van der Waals surface area contributed by atoms with Gasteiger partial charge in [0.2, 0.25) is 0 Å². The number of nitrogen functional groups attached to an aromatic ring is 1. The van der Waals surface area contributed by atoms with Crippen LogP contribution in [0, 0.1) is 6.92 Å². The second kappa shape index (κ2) is 5.26. The fourth-order valence-corrected chi connectivity index (χ4v) is 2.23. The summed E-state index contributed by atoms with van der Waals surface area (Å²) in [6, 6.07) is 7.12. The fourth-order valence-electron chi connectivity index (χ4n) is 1.80. The summed E-state index contributed by atoms with van der Waals surface area (Å²) in [4.78, 5) is 4.00. The molecule has 3 nitrogen and oxygen atoms in total. The third-order valence-corrected chi connectivity index (χ3v) is 4.00. The van der Waals surface area contributed by atoms with Gasteiger partial charge in [0.25, 0.3) is 0 Å². The molecule has 0 radical (unpaired) electrons. The standard InChI is InChI=1S/C13H12BrClN2O/c1-7-4-5-17-13(16)11(7)12(18)8-2-3-9(14)10(15)6-8/h2-6,12,18H,1H3,(H2,16,17). The van der Waals surface area contributed by atoms with Crippen molar-refractivity contribution in [3.63, 3.8) is 0 Å². The van der Waals surface area contributed by atoms with Crippen LogP contribution in [0.3, 0.4) is 0 Å². The minimum atomic E-state index is -0.829. The molecular weight excluding hydrogens is 316 g/mol. The molecule has 0 bridgehead atoms. The van der Waals surface area contributed by atoms with Crippen LogP contribution >= 0.6 is 27.5 Å². The minimum absolute atomic E-state index is 0.335. The second-order valence-electron chi connectivity index (χ2n) is 4.00. The molecule has 0 aliphatic carbocycles. The van der Waals surface area contributed by atoms with Gasteiger partial charge in [0.1, 0.15) is 11.9 Å². The number of nitrogens with zero attached hydrogens (tertiary/aromatic N) is 1. The lowest BCUT2D eigenvalue weighted by Crippen LogP contribution is -2.07. The number of rotatable bonds is 2. The Kier molecular flexibility index (Phi) is 3.90. The van der Waals surface area contributed by atoms with Crippen LogP contribution in [0.15, 0.2) is 34.9 Å². The van der Waals surface area contributed by atoms with E-state index in [-0.39, 0.29) is 0 Å². The van der Waals surface area contributed by atoms with Gasteiger partial charge < -0.3 is 10.8 Å². The molecule has 2 rings (SSSR count). The Morgan fingerprint density at radius 1 is 1.39 bits per heavy atom. The molecule has 1 aromatic carbocycles. The van der Waals surface area contributed by atoms with Crippen LogP contribution in [0.4, 0.5) is 5.82 Å². The lowest BCUT2D eigenvalue weighted by Gasteiger charge is -2.16. The van der Waals surface area contributed by atoms with Crippen molar-refractivity contribution in [1.29, 1.82) is 0 Å². The van der Waals surface area contributed by atoms with Gasteiger partial charge in [-0.15, -0.1) is 0 Å². The number of aromatic nitrogens is 1. The number of aliphatic hydroxyl groups is 1. The predicted molar refractivity (Wildman–Crippen MR) is 76.6 cm³/mol. The monoisotopic (exact) mass is 326 g/mol. The maximum absolute atomic E-state index is 10.4. The molecule has 3 N–H and O–H groups in total. The molecule has 0 aliphatic rings. The Hall–Kier alpha value is -1.10. The summed E-state index contributed by atoms with van der Waals surface area (Å²) in [6.45, 7) is 1.89. The molecule has 0 saturated carbocycles. The average molecular weight is 328 g/mol. The van der Waals surface area contributed by atoms with Gasteiger partial charge in [0.05, 0.1) is 5.02 Å². The Morgan fingerprint density at radius 2 is 2.11 bits per heavy atom. The van der Waals surface area contributed by atoms with Crippen LogP contribution in [0.1, 0.15) is 22.8 Å². The molecule has 0 fully saturated rings. The second-order valence-corrected chi connectivity index (χ2v) is 5.26. The third-order valence-electron chi connectivity index (χ3n) is 2.77. The largest absolute Gasteiger partial charge is 0.384 e. The normalized spacial score (nSPS) is 12.4. The van der Waals surface area contributed by atoms with Crippen molar-refractivity contribution in [2.24, 2.45) is 0 Å². The zero-order valence-electron chi connectivity index (χ0n) is 9.69. The van der Waals surface area contributed by atoms with Gasteiger partial charge in [0, 0.05) is 16.2 Å². The van der Waals surface area contributed by atoms with Gasteiger partial charge in [-0.05, 0) is 52.2 Å². The molecule has 0 saturated heterocycles. The minimum Gasteiger partial charge on any atom is -0.384 e. The molecular formula is C13H12BrClN2O. The van der Waals surface area contributed by atoms with E-state index in [0.29, 0.717) is 22.0 Å². The molecule has 1 atom stereocenters. The first-order valence-electron chi connectivity index (χ1n) is 5.34. The number of aryl methyl sites for hydroxylation is 1. The van der Waals surface area contributed by atoms with Crippen LogP contribution in [0.25, 0.3) is 0 Å². The molecule has 0 spiro atoms. The van der Waals surface area contributed by atoms with Crippen LogP contribution < -0.4 is 5.73 Å². The molecule has 1 unspecified atom stereocenters. The highest BCUT2D eigenvalue weighted by molar-refractivity contribution is 9.10. The fraction of sp³-hybridized carbons (Fsp3) is 0.154. The Labute approximate surface area is 119 Å². The van der Waals surface area contributed by atoms with E-state index < -0.39 is 6.10 Å². The topological polar surface area (TPSA) is 59.1 Å². The van der Waals surface area contributed by atoms with E-state index in [9.17, 15) is 5.11 Å². The summed E-state index contributed by atoms with van der Waals surface area (Å²) in [7, 11) is 0. The smallest absolute Gasteiger partial charge is 0.129 e. The number of pyridine rings is 1. The summed E-state index contributed by atoms with van der Waals surface area (Å²) in [5.41, 5.74) is 8.02. The van der Waals surface area contributed by atoms with E-state index in [1.807, 2.05) is 13.0 Å². The van der Waals surface area contributed by atoms with Crippen molar-refractivity contribution in [2.45, 2.75) is 13.0 Å². The molecule has 0 aliphatic heterocycles. The van der Waals surface area contributed by atoms with Crippen LogP contribution in [-0.4, -0.2) is 10.1 Å². The Bertz CT molecular complexity index is 569. The van der Waals surface area contributed by atoms with Crippen molar-refractivity contribution in [1.82, 2.24) is 4.98 Å². The van der Waals surface area contributed by atoms with Gasteiger partial charge in [-0.2, -0.15) is 0 Å². The summed E-state index contributed by atoms with van der Waals surface area (Å²) in [6.07, 6.45) is 0.791. The number of hydrogen-bond donors (Lipinski definition) is 2. The number of anilines is 1. The number of halogens is 2. The molecule has 5 heteroatoms. The quantitative estimate of drug-likeness (QED) is 0.888. The Morgan fingerprint density at radius 3 is 2.72 bits per heavy atom. The van der Waals surface area contributed by atoms with Crippen molar-refractivity contribution in [3.05, 3.63) is 56.6 Å². The highest BCUT2D eigenvalue weighted by Crippen LogP contribution is 2.32. The van der Waals surface area contributed by atoms with E-state index in [2.05, 4.69) is 20.9 Å². The number of nitrogens with two attached hydrogens (primary N) is 1. The molecule has 94 valence electrons. The molecule has 0 amide bonds. The van der Waals surface area contributed by atoms with E-state index >= 15 is 0 Å². The van der Waals surface area contributed by atoms with Crippen molar-refractivity contribution < 1.29 is 5.11 Å². The number of aliphatic hydroxyl groups excluding tert-OH is 1. The van der Waals surface area contributed by atoms with Gasteiger partial charge in [0.15, 0.2) is 0 Å². The first kappa shape index (κ1) is 13.3. The van der Waals surface area contributed by atoms with E-state index in [1.54, 1.807) is 24.4 Å². The maximum Gasteiger partial charge on any atom is 0.129 e. The molecule has 2 aromatic rings. The summed E-state index contributed by atoms with van der Waals surface area (Å²) < 4.78 is 0.788. The summed E-state index contributed by atoms with van der Waals surface area (Å²) in [5.74, 6) is 0.335. The lowest BCUT2D eigenvalue weighted by atomic mass is 9.98. The van der Waals surface area contributed by atoms with Crippen LogP contribution in [0.5, 0.6) is 0 Å². The van der Waals surface area contributed by atoms with Crippen molar-refractivity contribution in [2.75, 3.05) is 5.73 Å². The summed E-state index contributed by atoms with van der Waals surface area (Å²) >= 11 is 9.33. The van der Waals surface area contributed by atoms with Gasteiger partial charge in [-0.3, -0.25) is 0 Å². The lowest BCUT2D eigenvalue weighted by molar-refractivity contribution is 0.220. The predicted octanol–water partition coefficient (Wildman–Crippen LogP) is 3.47. The van der Waals surface area contributed by atoms with Crippen molar-refractivity contribution >= 4 is 33.3 Å². The van der Waals surface area contributed by atoms with Gasteiger partial charge >= 0.3 is 0 Å². The molecule has 1 aromatic heterocycles. The van der Waals surface area contributed by atoms with Crippen LogP contribution in [-0.2, 0) is 0 Å². The third kappa shape index (κ3) is 2.51. The zero-order chi connectivity index (χ0) is 13.3. The van der Waals surface area contributed by atoms with E-state index in [1.165, 1.54) is 0 Å². The highest BCUT2D eigenvalue weighted by atomic mass is 79.9. The van der Waals surface area contributed by atoms with E-state index in [0.717, 1.165) is 10.0 Å². The summed E-state index contributed by atoms with van der Waals surface area (Å²) in [5, 5.41) is 10.9. The van der Waals surface area contributed by atoms with E-state index in [4.69, 9.17) is 17.3 Å². The van der Waals surface area contributed by atoms with Crippen molar-refractivity contribution in [3.8, 4) is 0 Å². The SMILES string of the molecule is Cc1ccnc(N)c1C(O)c1ccc(Br)c(Cl)c1. The van der Waals surface area contributed by atoms with Crippen LogP contribution in [0.2, 0.25) is 5.02 Å². The first-order chi connectivity index (χ1) is 8.50. The first-order valence-corrected chi connectivity index (χ1v) is 6.51. The van der Waals surface area contributed by atoms with Gasteiger partial charge in [-0.25, -0.2) is 4.98 Å². The Balaban J connectivity index is 2.48. The molecule has 18 heavy (non-hydrogen) atoms.